The zero-order valence-electron chi connectivity index (χ0n) is 19.4. The molecule has 2 aliphatic rings. The lowest BCUT2D eigenvalue weighted by atomic mass is 9.96. The van der Waals surface area contributed by atoms with Crippen molar-refractivity contribution in [3.63, 3.8) is 0 Å². The highest BCUT2D eigenvalue weighted by Gasteiger charge is 2.50. The molecule has 1 unspecified atom stereocenters. The van der Waals surface area contributed by atoms with Gasteiger partial charge >= 0.3 is 6.03 Å². The molecule has 0 radical (unpaired) electrons. The maximum atomic E-state index is 13.5. The molecule has 1 saturated heterocycles. The fraction of sp³-hybridized carbons (Fsp3) is 0.440. The average molecular weight is 471 g/mol. The number of anilines is 2. The fourth-order valence-corrected chi connectivity index (χ4v) is 4.73. The van der Waals surface area contributed by atoms with Gasteiger partial charge in [-0.05, 0) is 74.3 Å². The van der Waals surface area contributed by atoms with Crippen LogP contribution in [0.4, 0.5) is 16.2 Å². The fourth-order valence-electron chi connectivity index (χ4n) is 4.61. The molecule has 33 heavy (non-hydrogen) atoms. The van der Waals surface area contributed by atoms with Gasteiger partial charge in [-0.1, -0.05) is 17.7 Å². The molecule has 2 N–H and O–H groups in total. The lowest BCUT2D eigenvalue weighted by Crippen LogP contribution is -2.54. The van der Waals surface area contributed by atoms with Crippen molar-refractivity contribution in [3.05, 3.63) is 58.6 Å². The lowest BCUT2D eigenvalue weighted by molar-refractivity contribution is -0.124. The number of halogens is 1. The molecular formula is C25H31ClN4O3. The Labute approximate surface area is 200 Å². The number of nitrogens with one attached hydrogen (secondary N) is 2. The summed E-state index contributed by atoms with van der Waals surface area (Å²) in [7, 11) is 3.73. The largest absolute Gasteiger partial charge is 0.380 e. The van der Waals surface area contributed by atoms with E-state index in [0.717, 1.165) is 31.6 Å². The second-order valence-electron chi connectivity index (χ2n) is 9.12. The summed E-state index contributed by atoms with van der Waals surface area (Å²) < 4.78 is 5.53. The monoisotopic (exact) mass is 470 g/mol. The zero-order chi connectivity index (χ0) is 23.6. The van der Waals surface area contributed by atoms with Crippen molar-refractivity contribution in [1.29, 1.82) is 0 Å². The first-order valence-corrected chi connectivity index (χ1v) is 11.6. The van der Waals surface area contributed by atoms with Crippen LogP contribution in [0.15, 0.2) is 42.5 Å². The summed E-state index contributed by atoms with van der Waals surface area (Å²) in [4.78, 5) is 30.5. The van der Waals surface area contributed by atoms with Crippen LogP contribution in [0.1, 0.15) is 24.5 Å². The number of methoxy groups -OCH3 is 1. The molecule has 2 aliphatic heterocycles. The normalized spacial score (nSPS) is 23.0. The summed E-state index contributed by atoms with van der Waals surface area (Å²) in [6.45, 7) is 4.15. The van der Waals surface area contributed by atoms with Crippen molar-refractivity contribution < 1.29 is 14.3 Å². The number of likely N-dealkylation sites (tertiary alicyclic amines) is 1. The molecule has 0 aromatic heterocycles. The number of amides is 3. The summed E-state index contributed by atoms with van der Waals surface area (Å²) in [6.07, 6.45) is 2.15. The van der Waals surface area contributed by atoms with Crippen LogP contribution in [0.5, 0.6) is 0 Å². The van der Waals surface area contributed by atoms with E-state index in [-0.39, 0.29) is 18.0 Å². The molecule has 0 saturated carbocycles. The Morgan fingerprint density at radius 3 is 2.39 bits per heavy atom. The predicted molar refractivity (Wildman–Crippen MR) is 131 cm³/mol. The van der Waals surface area contributed by atoms with Crippen LogP contribution in [0.25, 0.3) is 0 Å². The Kier molecular flexibility index (Phi) is 6.93. The highest BCUT2D eigenvalue weighted by Crippen LogP contribution is 2.33. The lowest BCUT2D eigenvalue weighted by Gasteiger charge is -2.33. The Morgan fingerprint density at radius 2 is 1.70 bits per heavy atom. The van der Waals surface area contributed by atoms with E-state index in [1.807, 2.05) is 6.07 Å². The third kappa shape index (κ3) is 5.16. The number of hydrogen-bond donors (Lipinski definition) is 2. The van der Waals surface area contributed by atoms with Gasteiger partial charge in [-0.3, -0.25) is 4.79 Å². The number of rotatable bonds is 4. The van der Waals surface area contributed by atoms with E-state index < -0.39 is 5.54 Å². The van der Waals surface area contributed by atoms with Crippen LogP contribution in [0.3, 0.4) is 0 Å². The van der Waals surface area contributed by atoms with Crippen molar-refractivity contribution in [2.45, 2.75) is 37.8 Å². The second-order valence-corrected chi connectivity index (χ2v) is 9.56. The van der Waals surface area contributed by atoms with Gasteiger partial charge in [-0.2, -0.15) is 0 Å². The number of nitrogens with zero attached hydrogens (tertiary/aromatic N) is 2. The maximum Gasteiger partial charge on any atom is 0.322 e. The van der Waals surface area contributed by atoms with E-state index in [0.29, 0.717) is 23.7 Å². The number of hydrogen-bond acceptors (Lipinski definition) is 4. The Balaban J connectivity index is 1.51. The van der Waals surface area contributed by atoms with Gasteiger partial charge in [0.2, 0.25) is 5.91 Å². The molecular weight excluding hydrogens is 440 g/mol. The Bertz CT molecular complexity index is 1030. The van der Waals surface area contributed by atoms with Crippen LogP contribution < -0.4 is 10.6 Å². The minimum absolute atomic E-state index is 0.223. The van der Waals surface area contributed by atoms with Gasteiger partial charge in [0, 0.05) is 49.6 Å². The molecule has 7 nitrogen and oxygen atoms in total. The Hall–Kier alpha value is -2.61. The summed E-state index contributed by atoms with van der Waals surface area (Å²) >= 11 is 5.94. The molecule has 3 amide bonds. The average Bonchev–Trinajstić information content (AvgIpc) is 3.05. The van der Waals surface area contributed by atoms with Crippen molar-refractivity contribution in [3.8, 4) is 0 Å². The van der Waals surface area contributed by atoms with E-state index in [1.165, 1.54) is 11.1 Å². The quantitative estimate of drug-likeness (QED) is 0.707. The molecule has 4 rings (SSSR count). The van der Waals surface area contributed by atoms with Gasteiger partial charge in [0.05, 0.1) is 6.10 Å². The minimum atomic E-state index is -1.05. The molecule has 0 aliphatic carbocycles. The van der Waals surface area contributed by atoms with Gasteiger partial charge in [0.1, 0.15) is 5.54 Å². The van der Waals surface area contributed by atoms with Crippen LogP contribution in [-0.2, 0) is 22.4 Å². The van der Waals surface area contributed by atoms with Crippen LogP contribution in [0.2, 0.25) is 5.02 Å². The summed E-state index contributed by atoms with van der Waals surface area (Å²) in [5.74, 6) is -0.223. The van der Waals surface area contributed by atoms with Gasteiger partial charge in [0.15, 0.2) is 0 Å². The van der Waals surface area contributed by atoms with E-state index in [4.69, 9.17) is 16.3 Å². The van der Waals surface area contributed by atoms with Crippen LogP contribution >= 0.6 is 11.6 Å². The molecule has 0 bridgehead atoms. The second kappa shape index (κ2) is 9.71. The van der Waals surface area contributed by atoms with Crippen molar-refractivity contribution in [2.24, 2.45) is 0 Å². The Morgan fingerprint density at radius 1 is 1.03 bits per heavy atom. The van der Waals surface area contributed by atoms with Gasteiger partial charge in [0.25, 0.3) is 0 Å². The maximum absolute atomic E-state index is 13.5. The van der Waals surface area contributed by atoms with Crippen LogP contribution in [0, 0.1) is 0 Å². The molecule has 176 valence electrons. The smallest absolute Gasteiger partial charge is 0.322 e. The van der Waals surface area contributed by atoms with Crippen molar-refractivity contribution in [2.75, 3.05) is 44.4 Å². The minimum Gasteiger partial charge on any atom is -0.380 e. The number of carbonyl (C=O) groups is 2. The molecule has 2 aromatic carbocycles. The van der Waals surface area contributed by atoms with Crippen LogP contribution in [-0.4, -0.2) is 67.2 Å². The molecule has 0 spiro atoms. The third-order valence-electron chi connectivity index (χ3n) is 6.76. The van der Waals surface area contributed by atoms with Gasteiger partial charge in [-0.15, -0.1) is 0 Å². The molecule has 8 heteroatoms. The first kappa shape index (κ1) is 23.5. The number of benzene rings is 2. The topological polar surface area (TPSA) is 73.9 Å². The van der Waals surface area contributed by atoms with E-state index in [1.54, 1.807) is 43.2 Å². The number of likely N-dealkylation sites (N-methyl/N-ethyl adjacent to an activating group) is 1. The highest BCUT2D eigenvalue weighted by atomic mass is 35.5. The highest BCUT2D eigenvalue weighted by molar-refractivity contribution is 6.30. The van der Waals surface area contributed by atoms with Gasteiger partial charge in [-0.25, -0.2) is 4.79 Å². The third-order valence-corrected chi connectivity index (χ3v) is 7.01. The van der Waals surface area contributed by atoms with E-state index in [9.17, 15) is 9.59 Å². The number of urea groups is 1. The molecule has 2 aromatic rings. The summed E-state index contributed by atoms with van der Waals surface area (Å²) in [5, 5.41) is 6.52. The SMILES string of the molecule is COC1CN(C(=O)Nc2ccc(Cl)cc2)[C@@](C)(C(=O)Nc2ccc3c(c2)CCN(C)CC3)C1. The van der Waals surface area contributed by atoms with E-state index >= 15 is 0 Å². The summed E-state index contributed by atoms with van der Waals surface area (Å²) in [6, 6.07) is 12.7. The standard InChI is InChI=1S/C25H31ClN4O3/c1-25(23(31)27-21-7-4-17-10-12-29(2)13-11-18(17)14-21)15-22(33-3)16-30(25)24(32)28-20-8-5-19(26)6-9-20/h4-9,14,22H,10-13,15-16H2,1-3H3,(H,27,31)(H,28,32)/t22?,25-/m1/s1. The number of fused-ring (bicyclic) bond motifs is 1. The van der Waals surface area contributed by atoms with Crippen molar-refractivity contribution >= 4 is 34.9 Å². The van der Waals surface area contributed by atoms with E-state index in [2.05, 4.69) is 34.7 Å². The molecule has 2 atom stereocenters. The number of ether oxygens (including phenoxy) is 1. The summed E-state index contributed by atoms with van der Waals surface area (Å²) in [5.41, 5.74) is 2.91. The first-order valence-electron chi connectivity index (χ1n) is 11.3. The number of carbonyl (C=O) groups excluding carboxylic acids is 2. The predicted octanol–water partition coefficient (Wildman–Crippen LogP) is 4.02. The zero-order valence-corrected chi connectivity index (χ0v) is 20.1. The molecule has 2 heterocycles. The first-order chi connectivity index (χ1) is 15.8. The molecule has 1 fully saturated rings. The van der Waals surface area contributed by atoms with Gasteiger partial charge < -0.3 is 25.2 Å². The van der Waals surface area contributed by atoms with Crippen molar-refractivity contribution in [1.82, 2.24) is 9.80 Å².